The summed E-state index contributed by atoms with van der Waals surface area (Å²) in [5.74, 6) is 2.02. The monoisotopic (exact) mass is 442 g/mol. The van der Waals surface area contributed by atoms with E-state index in [1.165, 1.54) is 23.1 Å². The molecule has 9 heteroatoms. The molecule has 1 aromatic heterocycles. The summed E-state index contributed by atoms with van der Waals surface area (Å²) in [6, 6.07) is 17.3. The molecule has 156 valence electrons. The highest BCUT2D eigenvalue weighted by atomic mass is 32.2. The van der Waals surface area contributed by atoms with E-state index in [1.807, 2.05) is 66.4 Å². The smallest absolute Gasteiger partial charge is 0.233 e. The number of benzene rings is 2. The first kappa shape index (κ1) is 20.6. The molecule has 2 heterocycles. The minimum Gasteiger partial charge on any atom is -0.457 e. The molecule has 1 unspecified atom stereocenters. The summed E-state index contributed by atoms with van der Waals surface area (Å²) in [6.45, 7) is 3.87. The van der Waals surface area contributed by atoms with Crippen LogP contribution in [0.15, 0.2) is 58.9 Å². The molecule has 0 bridgehead atoms. The van der Waals surface area contributed by atoms with Gasteiger partial charge in [-0.2, -0.15) is 0 Å². The van der Waals surface area contributed by atoms with Gasteiger partial charge < -0.3 is 19.7 Å². The van der Waals surface area contributed by atoms with Gasteiger partial charge >= 0.3 is 0 Å². The summed E-state index contributed by atoms with van der Waals surface area (Å²) in [5, 5.41) is 12.2. The van der Waals surface area contributed by atoms with E-state index in [0.29, 0.717) is 30.6 Å². The molecule has 1 N–H and O–H groups in total. The van der Waals surface area contributed by atoms with Crippen LogP contribution in [0.5, 0.6) is 11.5 Å². The van der Waals surface area contributed by atoms with Gasteiger partial charge in [0.2, 0.25) is 11.0 Å². The molecule has 1 saturated heterocycles. The maximum atomic E-state index is 12.4. The molecule has 2 aromatic carbocycles. The van der Waals surface area contributed by atoms with Crippen LogP contribution in [-0.2, 0) is 9.53 Å². The van der Waals surface area contributed by atoms with E-state index < -0.39 is 0 Å². The zero-order valence-corrected chi connectivity index (χ0v) is 18.1. The number of carbonyl (C=O) groups excluding carboxylic acids is 1. The SMILES string of the molecule is CC1CN(C(=O)CSc2nnc(Nc3ccc(Oc4ccccc4)cc3)s2)CCO1. The zero-order chi connectivity index (χ0) is 20.8. The van der Waals surface area contributed by atoms with Gasteiger partial charge in [0.05, 0.1) is 18.5 Å². The Labute approximate surface area is 183 Å². The summed E-state index contributed by atoms with van der Waals surface area (Å²) in [6.07, 6.45) is 0.0921. The molecular formula is C21H22N4O3S2. The highest BCUT2D eigenvalue weighted by molar-refractivity contribution is 8.01. The van der Waals surface area contributed by atoms with Gasteiger partial charge in [-0.3, -0.25) is 4.79 Å². The van der Waals surface area contributed by atoms with Gasteiger partial charge in [0, 0.05) is 18.8 Å². The number of nitrogens with one attached hydrogen (secondary N) is 1. The van der Waals surface area contributed by atoms with Crippen LogP contribution in [0.1, 0.15) is 6.92 Å². The molecule has 0 radical (unpaired) electrons. The number of ether oxygens (including phenoxy) is 2. The second-order valence-corrected chi connectivity index (χ2v) is 8.95. The van der Waals surface area contributed by atoms with Crippen LogP contribution in [0.2, 0.25) is 0 Å². The fourth-order valence-electron chi connectivity index (χ4n) is 2.93. The van der Waals surface area contributed by atoms with Crippen molar-refractivity contribution in [1.29, 1.82) is 0 Å². The second-order valence-electron chi connectivity index (χ2n) is 6.75. The minimum absolute atomic E-state index is 0.0921. The number of morpholine rings is 1. The van der Waals surface area contributed by atoms with Gasteiger partial charge in [-0.1, -0.05) is 41.3 Å². The molecule has 7 nitrogen and oxygen atoms in total. The Bertz CT molecular complexity index is 966. The summed E-state index contributed by atoms with van der Waals surface area (Å²) in [7, 11) is 0. The Kier molecular flexibility index (Phi) is 6.83. The van der Waals surface area contributed by atoms with E-state index in [4.69, 9.17) is 9.47 Å². The fraction of sp³-hybridized carbons (Fsp3) is 0.286. The third-order valence-corrected chi connectivity index (χ3v) is 6.36. The topological polar surface area (TPSA) is 76.6 Å². The number of aromatic nitrogens is 2. The third-order valence-electron chi connectivity index (χ3n) is 4.40. The summed E-state index contributed by atoms with van der Waals surface area (Å²) >= 11 is 2.84. The van der Waals surface area contributed by atoms with Gasteiger partial charge in [0.1, 0.15) is 11.5 Å². The predicted octanol–water partition coefficient (Wildman–Crippen LogP) is 4.41. The van der Waals surface area contributed by atoms with Gasteiger partial charge in [-0.15, -0.1) is 10.2 Å². The number of rotatable bonds is 7. The van der Waals surface area contributed by atoms with E-state index >= 15 is 0 Å². The lowest BCUT2D eigenvalue weighted by Gasteiger charge is -2.31. The number of anilines is 2. The summed E-state index contributed by atoms with van der Waals surface area (Å²) in [5.41, 5.74) is 0.890. The molecule has 0 saturated carbocycles. The first-order valence-electron chi connectivity index (χ1n) is 9.61. The number of hydrogen-bond acceptors (Lipinski definition) is 8. The molecule has 4 rings (SSSR count). The van der Waals surface area contributed by atoms with Crippen molar-refractivity contribution in [3.05, 3.63) is 54.6 Å². The lowest BCUT2D eigenvalue weighted by atomic mass is 10.3. The lowest BCUT2D eigenvalue weighted by Crippen LogP contribution is -2.45. The van der Waals surface area contributed by atoms with Gasteiger partial charge in [-0.25, -0.2) is 0 Å². The molecule has 1 amide bonds. The Morgan fingerprint density at radius 3 is 2.73 bits per heavy atom. The number of amides is 1. The lowest BCUT2D eigenvalue weighted by molar-refractivity contribution is -0.135. The Hall–Kier alpha value is -2.62. The van der Waals surface area contributed by atoms with E-state index in [2.05, 4.69) is 15.5 Å². The molecule has 3 aromatic rings. The average Bonchev–Trinajstić information content (AvgIpc) is 3.21. The van der Waals surface area contributed by atoms with Crippen LogP contribution in [0, 0.1) is 0 Å². The largest absolute Gasteiger partial charge is 0.457 e. The van der Waals surface area contributed by atoms with Gasteiger partial charge in [-0.05, 0) is 43.3 Å². The van der Waals surface area contributed by atoms with Crippen molar-refractivity contribution in [2.75, 3.05) is 30.8 Å². The Morgan fingerprint density at radius 2 is 1.97 bits per heavy atom. The number of hydrogen-bond donors (Lipinski definition) is 1. The molecule has 1 fully saturated rings. The first-order chi connectivity index (χ1) is 14.7. The molecule has 1 atom stereocenters. The Balaban J connectivity index is 1.27. The molecule has 30 heavy (non-hydrogen) atoms. The van der Waals surface area contributed by atoms with Gasteiger partial charge in [0.15, 0.2) is 4.34 Å². The number of carbonyl (C=O) groups is 1. The minimum atomic E-state index is 0.0921. The highest BCUT2D eigenvalue weighted by Gasteiger charge is 2.21. The van der Waals surface area contributed by atoms with Crippen molar-refractivity contribution in [2.24, 2.45) is 0 Å². The van der Waals surface area contributed by atoms with E-state index in [9.17, 15) is 4.79 Å². The average molecular weight is 443 g/mol. The fourth-order valence-corrected chi connectivity index (χ4v) is 4.61. The van der Waals surface area contributed by atoms with Crippen LogP contribution in [0.4, 0.5) is 10.8 Å². The standard InChI is InChI=1S/C21H22N4O3S2/c1-15-13-25(11-12-27-15)19(26)14-29-21-24-23-20(30-21)22-16-7-9-18(10-8-16)28-17-5-3-2-4-6-17/h2-10,15H,11-14H2,1H3,(H,22,23). The number of nitrogens with zero attached hydrogens (tertiary/aromatic N) is 3. The number of thioether (sulfide) groups is 1. The van der Waals surface area contributed by atoms with Crippen molar-refractivity contribution in [3.8, 4) is 11.5 Å². The molecule has 0 aliphatic carbocycles. The van der Waals surface area contributed by atoms with Crippen molar-refractivity contribution in [2.45, 2.75) is 17.4 Å². The molecule has 1 aliphatic rings. The normalized spacial score (nSPS) is 16.3. The van der Waals surface area contributed by atoms with Crippen molar-refractivity contribution in [3.63, 3.8) is 0 Å². The van der Waals surface area contributed by atoms with E-state index in [1.54, 1.807) is 0 Å². The second kappa shape index (κ2) is 9.92. The van der Waals surface area contributed by atoms with Crippen molar-refractivity contribution >= 4 is 39.8 Å². The summed E-state index contributed by atoms with van der Waals surface area (Å²) in [4.78, 5) is 14.2. The van der Waals surface area contributed by atoms with Crippen molar-refractivity contribution < 1.29 is 14.3 Å². The van der Waals surface area contributed by atoms with Gasteiger partial charge in [0.25, 0.3) is 0 Å². The molecule has 0 spiro atoms. The molecule has 1 aliphatic heterocycles. The predicted molar refractivity (Wildman–Crippen MR) is 119 cm³/mol. The Morgan fingerprint density at radius 1 is 1.20 bits per heavy atom. The third kappa shape index (κ3) is 5.71. The maximum Gasteiger partial charge on any atom is 0.233 e. The highest BCUT2D eigenvalue weighted by Crippen LogP contribution is 2.29. The van der Waals surface area contributed by atoms with E-state index in [-0.39, 0.29) is 12.0 Å². The first-order valence-corrected chi connectivity index (χ1v) is 11.4. The van der Waals surface area contributed by atoms with Crippen LogP contribution in [0.25, 0.3) is 0 Å². The van der Waals surface area contributed by atoms with Crippen LogP contribution < -0.4 is 10.1 Å². The maximum absolute atomic E-state index is 12.4. The zero-order valence-electron chi connectivity index (χ0n) is 16.5. The number of para-hydroxylation sites is 1. The van der Waals surface area contributed by atoms with Crippen LogP contribution in [-0.4, -0.2) is 52.6 Å². The van der Waals surface area contributed by atoms with Crippen molar-refractivity contribution in [1.82, 2.24) is 15.1 Å². The quantitative estimate of drug-likeness (QED) is 0.543. The van der Waals surface area contributed by atoms with Crippen LogP contribution >= 0.6 is 23.1 Å². The van der Waals surface area contributed by atoms with Crippen LogP contribution in [0.3, 0.4) is 0 Å². The van der Waals surface area contributed by atoms with E-state index in [0.717, 1.165) is 21.5 Å². The summed E-state index contributed by atoms with van der Waals surface area (Å²) < 4.78 is 12.0. The molecular weight excluding hydrogens is 420 g/mol.